The van der Waals surface area contributed by atoms with Gasteiger partial charge in [0, 0.05) is 0 Å². The van der Waals surface area contributed by atoms with E-state index >= 15 is 0 Å². The lowest BCUT2D eigenvalue weighted by Gasteiger charge is -2.05. The number of para-hydroxylation sites is 1. The van der Waals surface area contributed by atoms with Crippen molar-refractivity contribution in [1.82, 2.24) is 0 Å². The second-order valence-corrected chi connectivity index (χ2v) is 2.81. The van der Waals surface area contributed by atoms with Gasteiger partial charge in [-0.2, -0.15) is 0 Å². The third kappa shape index (κ3) is 3.22. The van der Waals surface area contributed by atoms with Crippen LogP contribution in [0, 0.1) is 5.82 Å². The summed E-state index contributed by atoms with van der Waals surface area (Å²) in [4.78, 5) is 11.0. The first-order valence-corrected chi connectivity index (χ1v) is 4.52. The molecule has 1 N–H and O–H groups in total. The molecule has 0 heterocycles. The molecule has 1 amide bonds. The lowest BCUT2D eigenvalue weighted by Crippen LogP contribution is -2.15. The number of halogens is 2. The zero-order valence-corrected chi connectivity index (χ0v) is 8.05. The number of rotatable bonds is 3. The van der Waals surface area contributed by atoms with E-state index in [4.69, 9.17) is 11.6 Å². The molecule has 0 aromatic heterocycles. The lowest BCUT2D eigenvalue weighted by atomic mass is 10.3. The van der Waals surface area contributed by atoms with Crippen LogP contribution in [-0.2, 0) is 4.74 Å². The Morgan fingerprint density at radius 3 is 2.86 bits per heavy atom. The van der Waals surface area contributed by atoms with Gasteiger partial charge >= 0.3 is 6.09 Å². The third-order valence-corrected chi connectivity index (χ3v) is 1.58. The van der Waals surface area contributed by atoms with Gasteiger partial charge in [0.15, 0.2) is 0 Å². The summed E-state index contributed by atoms with van der Waals surface area (Å²) in [5, 5.41) is 2.25. The number of nitrogens with one attached hydrogen (secondary N) is 1. The van der Waals surface area contributed by atoms with E-state index in [9.17, 15) is 9.18 Å². The molecule has 0 bridgehead atoms. The van der Waals surface area contributed by atoms with E-state index in [1.165, 1.54) is 18.2 Å². The monoisotopic (exact) mass is 217 g/mol. The summed E-state index contributed by atoms with van der Waals surface area (Å²) in [6.45, 7) is 0.0990. The molecule has 0 unspecified atom stereocenters. The second-order valence-electron chi connectivity index (χ2n) is 2.43. The number of ether oxygens (including phenoxy) is 1. The highest BCUT2D eigenvalue weighted by molar-refractivity contribution is 6.18. The highest BCUT2D eigenvalue weighted by Gasteiger charge is 2.05. The van der Waals surface area contributed by atoms with Crippen molar-refractivity contribution in [2.45, 2.75) is 0 Å². The molecule has 1 aromatic carbocycles. The van der Waals surface area contributed by atoms with E-state index in [0.29, 0.717) is 0 Å². The quantitative estimate of drug-likeness (QED) is 0.791. The number of amides is 1. The molecule has 14 heavy (non-hydrogen) atoms. The SMILES string of the molecule is O=C(Nc1ccccc1F)OCCCl. The fourth-order valence-corrected chi connectivity index (χ4v) is 0.917. The molecule has 1 rings (SSSR count). The van der Waals surface area contributed by atoms with Gasteiger partial charge in [-0.3, -0.25) is 5.32 Å². The first-order valence-electron chi connectivity index (χ1n) is 3.98. The van der Waals surface area contributed by atoms with Gasteiger partial charge in [0.1, 0.15) is 12.4 Å². The summed E-state index contributed by atoms with van der Waals surface area (Å²) < 4.78 is 17.6. The van der Waals surface area contributed by atoms with Crippen molar-refractivity contribution < 1.29 is 13.9 Å². The van der Waals surface area contributed by atoms with Crippen LogP contribution in [0.15, 0.2) is 24.3 Å². The van der Waals surface area contributed by atoms with Crippen molar-refractivity contribution in [1.29, 1.82) is 0 Å². The number of hydrogen-bond acceptors (Lipinski definition) is 2. The Hall–Kier alpha value is -1.29. The predicted molar refractivity (Wildman–Crippen MR) is 52.1 cm³/mol. The zero-order valence-electron chi connectivity index (χ0n) is 7.30. The number of hydrogen-bond donors (Lipinski definition) is 1. The normalized spacial score (nSPS) is 9.57. The summed E-state index contributed by atoms with van der Waals surface area (Å²) in [6, 6.07) is 5.83. The van der Waals surface area contributed by atoms with Gasteiger partial charge in [0.05, 0.1) is 11.6 Å². The summed E-state index contributed by atoms with van der Waals surface area (Å²) in [7, 11) is 0. The molecular weight excluding hydrogens is 209 g/mol. The molecule has 0 saturated carbocycles. The Kier molecular flexibility index (Phi) is 4.19. The van der Waals surface area contributed by atoms with Crippen LogP contribution >= 0.6 is 11.6 Å². The second kappa shape index (κ2) is 5.44. The van der Waals surface area contributed by atoms with E-state index < -0.39 is 11.9 Å². The topological polar surface area (TPSA) is 38.3 Å². The van der Waals surface area contributed by atoms with Gasteiger partial charge in [0.25, 0.3) is 0 Å². The van der Waals surface area contributed by atoms with E-state index in [1.54, 1.807) is 6.07 Å². The number of carbonyl (C=O) groups excluding carboxylic acids is 1. The molecule has 1 aromatic rings. The standard InChI is InChI=1S/C9H9ClFNO2/c10-5-6-14-9(13)12-8-4-2-1-3-7(8)11/h1-4H,5-6H2,(H,12,13). The van der Waals surface area contributed by atoms with E-state index in [1.807, 2.05) is 0 Å². The Bertz CT molecular complexity index is 319. The first-order chi connectivity index (χ1) is 6.74. The number of anilines is 1. The number of carbonyl (C=O) groups is 1. The molecule has 0 radical (unpaired) electrons. The van der Waals surface area contributed by atoms with Gasteiger partial charge < -0.3 is 4.74 Å². The smallest absolute Gasteiger partial charge is 0.411 e. The van der Waals surface area contributed by atoms with Crippen molar-refractivity contribution in [2.75, 3.05) is 17.8 Å². The lowest BCUT2D eigenvalue weighted by molar-refractivity contribution is 0.168. The van der Waals surface area contributed by atoms with E-state index in [-0.39, 0.29) is 18.2 Å². The fourth-order valence-electron chi connectivity index (χ4n) is 0.840. The molecule has 5 heteroatoms. The predicted octanol–water partition coefficient (Wildman–Crippen LogP) is 2.61. The minimum atomic E-state index is -0.712. The molecular formula is C9H9ClFNO2. The molecule has 3 nitrogen and oxygen atoms in total. The van der Waals surface area contributed by atoms with Crippen LogP contribution in [0.25, 0.3) is 0 Å². The summed E-state index contributed by atoms with van der Waals surface area (Å²) in [5.74, 6) is -0.291. The van der Waals surface area contributed by atoms with Crippen LogP contribution < -0.4 is 5.32 Å². The molecule has 0 aliphatic rings. The van der Waals surface area contributed by atoms with Crippen LogP contribution in [-0.4, -0.2) is 18.6 Å². The Morgan fingerprint density at radius 1 is 1.50 bits per heavy atom. The van der Waals surface area contributed by atoms with Gasteiger partial charge in [-0.25, -0.2) is 9.18 Å². The Balaban J connectivity index is 2.52. The maximum Gasteiger partial charge on any atom is 0.411 e. The van der Waals surface area contributed by atoms with Crippen molar-refractivity contribution in [2.24, 2.45) is 0 Å². The van der Waals surface area contributed by atoms with Gasteiger partial charge in [-0.05, 0) is 12.1 Å². The third-order valence-electron chi connectivity index (χ3n) is 1.42. The van der Waals surface area contributed by atoms with Crippen molar-refractivity contribution >= 4 is 23.4 Å². The molecule has 76 valence electrons. The highest BCUT2D eigenvalue weighted by atomic mass is 35.5. The number of alkyl halides is 1. The van der Waals surface area contributed by atoms with Crippen LogP contribution in [0.4, 0.5) is 14.9 Å². The Morgan fingerprint density at radius 2 is 2.21 bits per heavy atom. The van der Waals surface area contributed by atoms with Crippen LogP contribution in [0.1, 0.15) is 0 Å². The molecule has 0 aliphatic heterocycles. The van der Waals surface area contributed by atoms with Gasteiger partial charge in [0.2, 0.25) is 0 Å². The molecule has 0 atom stereocenters. The van der Waals surface area contributed by atoms with Crippen molar-refractivity contribution in [3.8, 4) is 0 Å². The number of benzene rings is 1. The van der Waals surface area contributed by atoms with Crippen molar-refractivity contribution in [3.63, 3.8) is 0 Å². The Labute approximate surface area is 85.8 Å². The van der Waals surface area contributed by atoms with Crippen LogP contribution in [0.3, 0.4) is 0 Å². The van der Waals surface area contributed by atoms with Gasteiger partial charge in [-0.15, -0.1) is 11.6 Å². The molecule has 0 aliphatic carbocycles. The summed E-state index contributed by atoms with van der Waals surface area (Å²) >= 11 is 5.30. The minimum Gasteiger partial charge on any atom is -0.448 e. The van der Waals surface area contributed by atoms with Crippen LogP contribution in [0.2, 0.25) is 0 Å². The zero-order chi connectivity index (χ0) is 10.4. The van der Waals surface area contributed by atoms with E-state index in [0.717, 1.165) is 0 Å². The maximum absolute atomic E-state index is 13.0. The van der Waals surface area contributed by atoms with Crippen LogP contribution in [0.5, 0.6) is 0 Å². The first kappa shape index (κ1) is 10.8. The summed E-state index contributed by atoms with van der Waals surface area (Å²) in [5.41, 5.74) is 0.0899. The van der Waals surface area contributed by atoms with E-state index in [2.05, 4.69) is 10.1 Å². The largest absolute Gasteiger partial charge is 0.448 e. The molecule has 0 fully saturated rings. The fraction of sp³-hybridized carbons (Fsp3) is 0.222. The minimum absolute atomic E-state index is 0.0899. The average Bonchev–Trinajstić information content (AvgIpc) is 2.18. The molecule has 0 spiro atoms. The molecule has 0 saturated heterocycles. The van der Waals surface area contributed by atoms with Crippen molar-refractivity contribution in [3.05, 3.63) is 30.1 Å². The highest BCUT2D eigenvalue weighted by Crippen LogP contribution is 2.12. The summed E-state index contributed by atoms with van der Waals surface area (Å²) in [6.07, 6.45) is -0.712. The van der Waals surface area contributed by atoms with Gasteiger partial charge in [-0.1, -0.05) is 12.1 Å². The maximum atomic E-state index is 13.0. The average molecular weight is 218 g/mol.